The number of nitrogens with zero attached hydrogens (tertiary/aromatic N) is 1. The molecular formula is C20H27N3O2. The van der Waals surface area contributed by atoms with E-state index in [9.17, 15) is 9.90 Å². The number of nitrogens with one attached hydrogen (secondary N) is 2. The van der Waals surface area contributed by atoms with E-state index in [1.165, 1.54) is 16.7 Å². The van der Waals surface area contributed by atoms with Crippen LogP contribution in [0.2, 0.25) is 0 Å². The van der Waals surface area contributed by atoms with Crippen molar-refractivity contribution in [3.63, 3.8) is 0 Å². The van der Waals surface area contributed by atoms with Crippen LogP contribution in [0.1, 0.15) is 22.4 Å². The lowest BCUT2D eigenvalue weighted by Gasteiger charge is -2.15. The molecule has 0 bridgehead atoms. The third kappa shape index (κ3) is 6.55. The van der Waals surface area contributed by atoms with E-state index in [1.54, 1.807) is 6.20 Å². The zero-order valence-electron chi connectivity index (χ0n) is 15.0. The Balaban J connectivity index is 1.70. The maximum Gasteiger partial charge on any atom is 0.314 e. The van der Waals surface area contributed by atoms with Crippen molar-refractivity contribution in [2.24, 2.45) is 5.92 Å². The summed E-state index contributed by atoms with van der Waals surface area (Å²) in [5, 5.41) is 15.2. The van der Waals surface area contributed by atoms with Crippen molar-refractivity contribution in [2.45, 2.75) is 26.7 Å². The van der Waals surface area contributed by atoms with Gasteiger partial charge in [0.15, 0.2) is 0 Å². The summed E-state index contributed by atoms with van der Waals surface area (Å²) in [6, 6.07) is 11.9. The van der Waals surface area contributed by atoms with E-state index in [4.69, 9.17) is 0 Å². The summed E-state index contributed by atoms with van der Waals surface area (Å²) in [6.45, 7) is 5.18. The molecule has 0 saturated heterocycles. The average molecular weight is 341 g/mol. The summed E-state index contributed by atoms with van der Waals surface area (Å²) in [4.78, 5) is 16.2. The number of aryl methyl sites for hydroxylation is 2. The number of aliphatic hydroxyl groups is 1. The Morgan fingerprint density at radius 2 is 2.04 bits per heavy atom. The highest BCUT2D eigenvalue weighted by molar-refractivity contribution is 5.73. The third-order valence-corrected chi connectivity index (χ3v) is 4.21. The molecule has 0 aliphatic heterocycles. The third-order valence-electron chi connectivity index (χ3n) is 4.21. The predicted octanol–water partition coefficient (Wildman–Crippen LogP) is 2.39. The van der Waals surface area contributed by atoms with Gasteiger partial charge in [-0.1, -0.05) is 29.8 Å². The summed E-state index contributed by atoms with van der Waals surface area (Å²) in [5.41, 5.74) is 4.65. The molecule has 1 unspecified atom stereocenters. The molecule has 2 amide bonds. The largest absolute Gasteiger partial charge is 0.396 e. The number of pyridine rings is 1. The Morgan fingerprint density at radius 1 is 1.20 bits per heavy atom. The van der Waals surface area contributed by atoms with Crippen LogP contribution in [0.3, 0.4) is 0 Å². The monoisotopic (exact) mass is 341 g/mol. The minimum Gasteiger partial charge on any atom is -0.396 e. The van der Waals surface area contributed by atoms with Gasteiger partial charge in [-0.2, -0.15) is 0 Å². The molecule has 5 heteroatoms. The van der Waals surface area contributed by atoms with Gasteiger partial charge in [0.2, 0.25) is 0 Å². The molecule has 0 aliphatic carbocycles. The molecule has 1 heterocycles. The molecule has 5 nitrogen and oxygen atoms in total. The van der Waals surface area contributed by atoms with Crippen molar-refractivity contribution in [3.8, 4) is 0 Å². The highest BCUT2D eigenvalue weighted by Gasteiger charge is 2.11. The van der Waals surface area contributed by atoms with Crippen LogP contribution in [0, 0.1) is 19.8 Å². The minimum atomic E-state index is -0.204. The van der Waals surface area contributed by atoms with Gasteiger partial charge in [-0.3, -0.25) is 4.98 Å². The topological polar surface area (TPSA) is 74.2 Å². The van der Waals surface area contributed by atoms with Crippen LogP contribution in [0.15, 0.2) is 42.6 Å². The summed E-state index contributed by atoms with van der Waals surface area (Å²) < 4.78 is 0. The highest BCUT2D eigenvalue weighted by Crippen LogP contribution is 2.10. The minimum absolute atomic E-state index is 0.0133. The number of urea groups is 1. The van der Waals surface area contributed by atoms with Crippen molar-refractivity contribution < 1.29 is 9.90 Å². The number of hydrogen-bond donors (Lipinski definition) is 3. The summed E-state index contributed by atoms with van der Waals surface area (Å²) >= 11 is 0. The van der Waals surface area contributed by atoms with Crippen LogP contribution in [0.4, 0.5) is 4.79 Å². The summed E-state index contributed by atoms with van der Waals surface area (Å²) in [7, 11) is 0. The molecule has 3 N–H and O–H groups in total. The van der Waals surface area contributed by atoms with Gasteiger partial charge in [0.05, 0.1) is 0 Å². The fraction of sp³-hybridized carbons (Fsp3) is 0.400. The second-order valence-electron chi connectivity index (χ2n) is 6.39. The second-order valence-corrected chi connectivity index (χ2v) is 6.39. The van der Waals surface area contributed by atoms with Gasteiger partial charge in [-0.05, 0) is 49.9 Å². The number of amides is 2. The van der Waals surface area contributed by atoms with Crippen LogP contribution >= 0.6 is 0 Å². The van der Waals surface area contributed by atoms with E-state index in [0.29, 0.717) is 19.5 Å². The van der Waals surface area contributed by atoms with Crippen molar-refractivity contribution in [1.29, 1.82) is 0 Å². The Kier molecular flexibility index (Phi) is 7.41. The second kappa shape index (κ2) is 9.79. The summed E-state index contributed by atoms with van der Waals surface area (Å²) in [5.74, 6) is -0.0417. The normalized spacial score (nSPS) is 11.8. The molecule has 0 fully saturated rings. The van der Waals surface area contributed by atoms with E-state index >= 15 is 0 Å². The molecule has 134 valence electrons. The van der Waals surface area contributed by atoms with Crippen LogP contribution in [-0.2, 0) is 12.8 Å². The number of carbonyl (C=O) groups is 1. The van der Waals surface area contributed by atoms with E-state index in [-0.39, 0.29) is 18.6 Å². The number of aromatic nitrogens is 1. The first-order valence-corrected chi connectivity index (χ1v) is 8.67. The number of carbonyl (C=O) groups excluding carboxylic acids is 1. The van der Waals surface area contributed by atoms with E-state index < -0.39 is 0 Å². The first kappa shape index (κ1) is 18.9. The van der Waals surface area contributed by atoms with Gasteiger partial charge in [-0.15, -0.1) is 0 Å². The number of benzene rings is 1. The average Bonchev–Trinajstić information content (AvgIpc) is 2.61. The maximum atomic E-state index is 11.9. The Hall–Kier alpha value is -2.40. The molecule has 2 rings (SSSR count). The van der Waals surface area contributed by atoms with Crippen LogP contribution in [0.5, 0.6) is 0 Å². The molecule has 1 aromatic heterocycles. The smallest absolute Gasteiger partial charge is 0.314 e. The highest BCUT2D eigenvalue weighted by atomic mass is 16.3. The first-order valence-electron chi connectivity index (χ1n) is 8.67. The van der Waals surface area contributed by atoms with Crippen molar-refractivity contribution in [1.82, 2.24) is 15.6 Å². The lowest BCUT2D eigenvalue weighted by molar-refractivity contribution is 0.213. The molecule has 25 heavy (non-hydrogen) atoms. The number of hydrogen-bond acceptors (Lipinski definition) is 3. The quantitative estimate of drug-likeness (QED) is 0.690. The Labute approximate surface area is 149 Å². The molecule has 2 aromatic rings. The molecular weight excluding hydrogens is 314 g/mol. The van der Waals surface area contributed by atoms with Crippen molar-refractivity contribution >= 4 is 6.03 Å². The first-order chi connectivity index (χ1) is 12.1. The lowest BCUT2D eigenvalue weighted by atomic mass is 10.0. The van der Waals surface area contributed by atoms with Gasteiger partial charge >= 0.3 is 6.03 Å². The molecule has 0 spiro atoms. The van der Waals surface area contributed by atoms with Crippen molar-refractivity contribution in [2.75, 3.05) is 19.7 Å². The maximum absolute atomic E-state index is 11.9. The molecule has 1 atom stereocenters. The lowest BCUT2D eigenvalue weighted by Crippen LogP contribution is -2.40. The molecule has 1 aromatic carbocycles. The van der Waals surface area contributed by atoms with Gasteiger partial charge < -0.3 is 15.7 Å². The van der Waals surface area contributed by atoms with E-state index in [0.717, 1.165) is 12.1 Å². The fourth-order valence-corrected chi connectivity index (χ4v) is 2.75. The molecule has 0 radical (unpaired) electrons. The van der Waals surface area contributed by atoms with E-state index in [2.05, 4.69) is 47.7 Å². The Bertz CT molecular complexity index is 674. The zero-order valence-corrected chi connectivity index (χ0v) is 15.0. The zero-order chi connectivity index (χ0) is 18.1. The number of aliphatic hydroxyl groups excluding tert-OH is 1. The van der Waals surface area contributed by atoms with Crippen LogP contribution in [-0.4, -0.2) is 35.8 Å². The van der Waals surface area contributed by atoms with Crippen LogP contribution in [0.25, 0.3) is 0 Å². The number of rotatable bonds is 8. The van der Waals surface area contributed by atoms with Gasteiger partial charge in [0.25, 0.3) is 0 Å². The fourth-order valence-electron chi connectivity index (χ4n) is 2.75. The SMILES string of the molecule is Cc1ccc(CCNC(=O)NCC(CO)Cc2ccccn2)c(C)c1. The Morgan fingerprint density at radius 3 is 2.72 bits per heavy atom. The van der Waals surface area contributed by atoms with Crippen molar-refractivity contribution in [3.05, 3.63) is 65.0 Å². The van der Waals surface area contributed by atoms with Gasteiger partial charge in [0, 0.05) is 37.5 Å². The van der Waals surface area contributed by atoms with Gasteiger partial charge in [0.1, 0.15) is 0 Å². The summed E-state index contributed by atoms with van der Waals surface area (Å²) in [6.07, 6.45) is 3.17. The van der Waals surface area contributed by atoms with Gasteiger partial charge in [-0.25, -0.2) is 4.79 Å². The van der Waals surface area contributed by atoms with E-state index in [1.807, 2.05) is 18.2 Å². The predicted molar refractivity (Wildman–Crippen MR) is 99.5 cm³/mol. The molecule has 0 saturated carbocycles. The molecule has 0 aliphatic rings. The van der Waals surface area contributed by atoms with Crippen LogP contribution < -0.4 is 10.6 Å². The standard InChI is InChI=1S/C20H27N3O2/c1-15-6-7-18(16(2)11-15)8-10-22-20(25)23-13-17(14-24)12-19-5-3-4-9-21-19/h3-7,9,11,17,24H,8,10,12-14H2,1-2H3,(H2,22,23,25).